The number of hydrogen-bond acceptors (Lipinski definition) is 5. The van der Waals surface area contributed by atoms with E-state index in [4.69, 9.17) is 15.8 Å². The zero-order valence-corrected chi connectivity index (χ0v) is 17.1. The van der Waals surface area contributed by atoms with Gasteiger partial charge in [-0.3, -0.25) is 0 Å². The maximum Gasteiger partial charge on any atom is 0.256 e. The summed E-state index contributed by atoms with van der Waals surface area (Å²) in [6.45, 7) is 11.3. The maximum atomic E-state index is 7.44. The van der Waals surface area contributed by atoms with Crippen molar-refractivity contribution in [3.05, 3.63) is 58.9 Å². The molecule has 6 nitrogen and oxygen atoms in total. The van der Waals surface area contributed by atoms with Crippen LogP contribution in [-0.2, 0) is 6.42 Å². The molecule has 1 aliphatic rings. The molecule has 4 rings (SSSR count). The summed E-state index contributed by atoms with van der Waals surface area (Å²) in [7, 11) is 4.22. The fourth-order valence-electron chi connectivity index (χ4n) is 3.92. The van der Waals surface area contributed by atoms with Crippen molar-refractivity contribution < 1.29 is 9.26 Å². The van der Waals surface area contributed by atoms with Crippen LogP contribution in [0.2, 0.25) is 0 Å². The summed E-state index contributed by atoms with van der Waals surface area (Å²) in [5.41, 5.74) is 4.80. The van der Waals surface area contributed by atoms with E-state index < -0.39 is 0 Å². The lowest BCUT2D eigenvalue weighted by Crippen LogP contribution is -2.17. The monoisotopic (exact) mass is 388 g/mol. The summed E-state index contributed by atoms with van der Waals surface area (Å²) >= 11 is 0. The van der Waals surface area contributed by atoms with E-state index in [-0.39, 0.29) is 6.10 Å². The van der Waals surface area contributed by atoms with Gasteiger partial charge in [0, 0.05) is 17.2 Å². The molecule has 0 N–H and O–H groups in total. The van der Waals surface area contributed by atoms with Gasteiger partial charge in [-0.15, -0.1) is 0 Å². The Bertz CT molecular complexity index is 1080. The predicted octanol–water partition coefficient (Wildman–Crippen LogP) is 5.29. The van der Waals surface area contributed by atoms with Gasteiger partial charge < -0.3 is 14.2 Å². The van der Waals surface area contributed by atoms with E-state index in [9.17, 15) is 0 Å². The van der Waals surface area contributed by atoms with Crippen molar-refractivity contribution in [1.82, 2.24) is 15.0 Å². The van der Waals surface area contributed by atoms with Crippen LogP contribution in [0.4, 0.5) is 5.69 Å². The molecule has 1 atom stereocenters. The summed E-state index contributed by atoms with van der Waals surface area (Å²) < 4.78 is 11.2. The lowest BCUT2D eigenvalue weighted by Gasteiger charge is -2.20. The van der Waals surface area contributed by atoms with Crippen molar-refractivity contribution in [2.24, 2.45) is 0 Å². The van der Waals surface area contributed by atoms with E-state index in [1.807, 2.05) is 19.9 Å². The van der Waals surface area contributed by atoms with E-state index in [1.165, 1.54) is 11.1 Å². The van der Waals surface area contributed by atoms with Crippen molar-refractivity contribution in [1.29, 1.82) is 0 Å². The zero-order valence-electron chi connectivity index (χ0n) is 17.1. The molecule has 1 aliphatic carbocycles. The minimum Gasteiger partial charge on any atom is -0.502 e. The van der Waals surface area contributed by atoms with Crippen LogP contribution in [0.3, 0.4) is 0 Å². The second-order valence-electron chi connectivity index (χ2n) is 7.78. The third-order valence-electron chi connectivity index (χ3n) is 5.22. The first-order valence-corrected chi connectivity index (χ1v) is 9.78. The molecule has 1 aromatic heterocycles. The van der Waals surface area contributed by atoms with Crippen LogP contribution in [0.15, 0.2) is 40.9 Å². The molecule has 0 saturated heterocycles. The van der Waals surface area contributed by atoms with Crippen LogP contribution in [0.1, 0.15) is 37.4 Å². The molecule has 1 heterocycles. The highest BCUT2D eigenvalue weighted by molar-refractivity contribution is 5.70. The number of nitrogens with zero attached hydrogens (tertiary/aromatic N) is 4. The Labute approximate surface area is 170 Å². The molecule has 0 saturated carbocycles. The summed E-state index contributed by atoms with van der Waals surface area (Å²) in [6.07, 6.45) is 2.10. The molecule has 3 aromatic rings. The molecule has 148 valence electrons. The van der Waals surface area contributed by atoms with Gasteiger partial charge in [-0.25, -0.2) is 4.85 Å². The maximum absolute atomic E-state index is 7.44. The number of hydrogen-bond donors (Lipinski definition) is 0. The molecule has 2 aromatic carbocycles. The highest BCUT2D eigenvalue weighted by Crippen LogP contribution is 2.40. The Hall–Kier alpha value is -3.17. The van der Waals surface area contributed by atoms with Crippen LogP contribution in [0, 0.1) is 6.57 Å². The molecule has 0 aliphatic heterocycles. The van der Waals surface area contributed by atoms with E-state index in [2.05, 4.69) is 52.2 Å². The lowest BCUT2D eigenvalue weighted by atomic mass is 10.0. The Balaban J connectivity index is 1.68. The Morgan fingerprint density at radius 2 is 2.07 bits per heavy atom. The Kier molecular flexibility index (Phi) is 5.08. The first kappa shape index (κ1) is 19.2. The Morgan fingerprint density at radius 3 is 2.79 bits per heavy atom. The number of ether oxygens (including phenoxy) is 1. The summed E-state index contributed by atoms with van der Waals surface area (Å²) in [5.74, 6) is 1.55. The third-order valence-corrected chi connectivity index (χ3v) is 5.22. The predicted molar refractivity (Wildman–Crippen MR) is 112 cm³/mol. The molecule has 6 heteroatoms. The normalized spacial score (nSPS) is 15.6. The quantitative estimate of drug-likeness (QED) is 0.556. The van der Waals surface area contributed by atoms with Gasteiger partial charge in [0.05, 0.1) is 12.7 Å². The van der Waals surface area contributed by atoms with E-state index in [0.717, 1.165) is 18.4 Å². The number of fused-ring (bicyclic) bond motifs is 1. The fraction of sp³-hybridized carbons (Fsp3) is 0.348. The van der Waals surface area contributed by atoms with E-state index in [0.29, 0.717) is 34.8 Å². The van der Waals surface area contributed by atoms with Crippen molar-refractivity contribution in [2.75, 3.05) is 14.1 Å². The number of benzene rings is 2. The van der Waals surface area contributed by atoms with Crippen LogP contribution in [0.25, 0.3) is 27.7 Å². The van der Waals surface area contributed by atoms with Gasteiger partial charge in [-0.2, -0.15) is 4.98 Å². The second kappa shape index (κ2) is 7.69. The molecule has 0 radical (unpaired) electrons. The average Bonchev–Trinajstić information content (AvgIpc) is 3.35. The molecule has 0 fully saturated rings. The topological polar surface area (TPSA) is 55.8 Å². The largest absolute Gasteiger partial charge is 0.502 e. The van der Waals surface area contributed by atoms with Crippen LogP contribution in [0.5, 0.6) is 5.75 Å². The molecular weight excluding hydrogens is 364 g/mol. The van der Waals surface area contributed by atoms with Crippen LogP contribution in [-0.4, -0.2) is 35.2 Å². The third kappa shape index (κ3) is 3.62. The SMILES string of the molecule is [C-]#[N+]c1cc(-c2nc(-c3cccc4c3CC[C@@H]4N(C)C)no2)ccc1OC(C)C. The van der Waals surface area contributed by atoms with Crippen LogP contribution < -0.4 is 4.74 Å². The summed E-state index contributed by atoms with van der Waals surface area (Å²) in [6, 6.07) is 12.1. The Morgan fingerprint density at radius 1 is 1.24 bits per heavy atom. The minimum atomic E-state index is 0.00234. The minimum absolute atomic E-state index is 0.00234. The highest BCUT2D eigenvalue weighted by atomic mass is 16.5. The van der Waals surface area contributed by atoms with Gasteiger partial charge in [0.15, 0.2) is 0 Å². The molecule has 0 bridgehead atoms. The van der Waals surface area contributed by atoms with Crippen molar-refractivity contribution in [3.8, 4) is 28.6 Å². The highest BCUT2D eigenvalue weighted by Gasteiger charge is 2.27. The average molecular weight is 388 g/mol. The lowest BCUT2D eigenvalue weighted by molar-refractivity contribution is 0.244. The molecule has 29 heavy (non-hydrogen) atoms. The summed E-state index contributed by atoms with van der Waals surface area (Å²) in [4.78, 5) is 10.5. The van der Waals surface area contributed by atoms with Crippen molar-refractivity contribution in [3.63, 3.8) is 0 Å². The number of rotatable bonds is 5. The van der Waals surface area contributed by atoms with Crippen LogP contribution >= 0.6 is 0 Å². The molecular formula is C23H24N4O2. The first-order valence-electron chi connectivity index (χ1n) is 9.78. The van der Waals surface area contributed by atoms with Gasteiger partial charge in [-0.05, 0) is 70.1 Å². The molecule has 0 amide bonds. The van der Waals surface area contributed by atoms with Gasteiger partial charge in [0.1, 0.15) is 5.75 Å². The number of aromatic nitrogens is 2. The smallest absolute Gasteiger partial charge is 0.256 e. The standard InChI is InChI=1S/C23H24N4O2/c1-14(2)28-21-12-9-15(13-19(21)24-3)23-25-22(26-29-23)18-8-6-7-17-16(18)10-11-20(17)27(4)5/h6-9,12-14,20H,10-11H2,1-2,4-5H3/t20-/m0/s1. The van der Waals surface area contributed by atoms with Gasteiger partial charge >= 0.3 is 0 Å². The van der Waals surface area contributed by atoms with Crippen molar-refractivity contribution in [2.45, 2.75) is 38.8 Å². The molecule has 0 unspecified atom stereocenters. The van der Waals surface area contributed by atoms with Crippen molar-refractivity contribution >= 4 is 5.69 Å². The fourth-order valence-corrected chi connectivity index (χ4v) is 3.92. The van der Waals surface area contributed by atoms with E-state index in [1.54, 1.807) is 12.1 Å². The van der Waals surface area contributed by atoms with E-state index >= 15 is 0 Å². The van der Waals surface area contributed by atoms with Gasteiger partial charge in [-0.1, -0.05) is 23.4 Å². The second-order valence-corrected chi connectivity index (χ2v) is 7.78. The first-order chi connectivity index (χ1) is 14.0. The van der Waals surface area contributed by atoms with Gasteiger partial charge in [0.25, 0.3) is 5.89 Å². The molecule has 0 spiro atoms. The zero-order chi connectivity index (χ0) is 20.5. The van der Waals surface area contributed by atoms with Gasteiger partial charge in [0.2, 0.25) is 11.5 Å². The summed E-state index contributed by atoms with van der Waals surface area (Å²) in [5, 5.41) is 4.23.